The second kappa shape index (κ2) is 7.95. The van der Waals surface area contributed by atoms with Crippen molar-refractivity contribution in [2.24, 2.45) is 5.92 Å². The van der Waals surface area contributed by atoms with Gasteiger partial charge in [-0.2, -0.15) is 0 Å². The third-order valence-corrected chi connectivity index (χ3v) is 5.98. The summed E-state index contributed by atoms with van der Waals surface area (Å²) in [5.74, 6) is 3.13. The van der Waals surface area contributed by atoms with Gasteiger partial charge in [0.1, 0.15) is 22.9 Å². The average Bonchev–Trinajstić information content (AvgIpc) is 3.17. The Kier molecular flexibility index (Phi) is 5.01. The van der Waals surface area contributed by atoms with Crippen LogP contribution in [0.25, 0.3) is 27.5 Å². The summed E-state index contributed by atoms with van der Waals surface area (Å²) in [5, 5.41) is 5.73. The Labute approximate surface area is 176 Å². The highest BCUT2D eigenvalue weighted by Crippen LogP contribution is 2.28. The van der Waals surface area contributed by atoms with Crippen LogP contribution < -0.4 is 15.8 Å². The fraction of sp³-hybridized carbons (Fsp3) is 0.333. The van der Waals surface area contributed by atoms with E-state index in [1.54, 1.807) is 0 Å². The van der Waals surface area contributed by atoms with Crippen LogP contribution in [-0.4, -0.2) is 34.1 Å². The van der Waals surface area contributed by atoms with Crippen LogP contribution in [0.1, 0.15) is 25.6 Å². The lowest BCUT2D eigenvalue weighted by Gasteiger charge is -2.22. The van der Waals surface area contributed by atoms with E-state index >= 15 is 0 Å². The molecule has 5 rings (SSSR count). The summed E-state index contributed by atoms with van der Waals surface area (Å²) in [5.41, 5.74) is 9.09. The van der Waals surface area contributed by atoms with Crippen LogP contribution >= 0.6 is 0 Å². The van der Waals surface area contributed by atoms with E-state index in [9.17, 15) is 0 Å². The molecular weight excluding hydrogens is 374 g/mol. The highest BCUT2D eigenvalue weighted by atomic mass is 16.5. The van der Waals surface area contributed by atoms with Gasteiger partial charge in [-0.15, -0.1) is 0 Å². The number of hydrogen-bond donors (Lipinski definition) is 2. The summed E-state index contributed by atoms with van der Waals surface area (Å²) in [6.45, 7) is 4.84. The van der Waals surface area contributed by atoms with Crippen LogP contribution in [0.2, 0.25) is 0 Å². The maximum absolute atomic E-state index is 6.31. The van der Waals surface area contributed by atoms with Crippen molar-refractivity contribution in [3.8, 4) is 17.0 Å². The van der Waals surface area contributed by atoms with Crippen molar-refractivity contribution in [3.63, 3.8) is 0 Å². The van der Waals surface area contributed by atoms with E-state index in [1.165, 1.54) is 12.8 Å². The first kappa shape index (κ1) is 18.9. The third kappa shape index (κ3) is 3.59. The molecule has 1 saturated heterocycles. The van der Waals surface area contributed by atoms with Crippen molar-refractivity contribution >= 4 is 22.1 Å². The van der Waals surface area contributed by atoms with Crippen LogP contribution in [-0.2, 0) is 6.42 Å². The van der Waals surface area contributed by atoms with Crippen molar-refractivity contribution < 1.29 is 4.74 Å². The van der Waals surface area contributed by atoms with E-state index in [-0.39, 0.29) is 0 Å². The Morgan fingerprint density at radius 3 is 2.77 bits per heavy atom. The zero-order valence-corrected chi connectivity index (χ0v) is 17.3. The Balaban J connectivity index is 1.51. The van der Waals surface area contributed by atoms with Crippen molar-refractivity contribution in [1.82, 2.24) is 19.7 Å². The number of nitrogens with zero attached hydrogens (tertiary/aromatic N) is 3. The third-order valence-electron chi connectivity index (χ3n) is 5.98. The van der Waals surface area contributed by atoms with Crippen molar-refractivity contribution in [2.45, 2.75) is 26.2 Å². The summed E-state index contributed by atoms with van der Waals surface area (Å²) in [6.07, 6.45) is 7.27. The number of nitrogens with one attached hydrogen (secondary N) is 1. The maximum Gasteiger partial charge on any atom is 0.150 e. The lowest BCUT2D eigenvalue weighted by atomic mass is 9.94. The van der Waals surface area contributed by atoms with Gasteiger partial charge in [-0.1, -0.05) is 18.2 Å². The van der Waals surface area contributed by atoms with Crippen LogP contribution in [0.15, 0.2) is 48.8 Å². The standard InChI is InChI=1S/C24H27N5O/c1-2-30-20-6-5-17-12-19(4-3-18(17)13-20)21-15-29-22(24(25)28-21)14-27-23(29)11-16-7-9-26-10-8-16/h3-6,12-16,26H,2,7-11H2,1H3,(H2,25,28). The number of rotatable bonds is 5. The Hall–Kier alpha value is -3.12. The minimum atomic E-state index is 0.517. The van der Waals surface area contributed by atoms with Crippen molar-refractivity contribution in [2.75, 3.05) is 25.4 Å². The molecule has 2 aromatic heterocycles. The van der Waals surface area contributed by atoms with E-state index in [0.717, 1.165) is 58.6 Å². The zero-order chi connectivity index (χ0) is 20.5. The first-order chi connectivity index (χ1) is 14.7. The molecule has 1 aliphatic rings. The molecule has 30 heavy (non-hydrogen) atoms. The number of nitrogens with two attached hydrogens (primary N) is 1. The van der Waals surface area contributed by atoms with Gasteiger partial charge in [-0.05, 0) is 67.7 Å². The molecule has 6 nitrogen and oxygen atoms in total. The minimum Gasteiger partial charge on any atom is -0.494 e. The molecule has 0 unspecified atom stereocenters. The molecule has 0 bridgehead atoms. The van der Waals surface area contributed by atoms with Gasteiger partial charge in [0.25, 0.3) is 0 Å². The number of anilines is 1. The fourth-order valence-electron chi connectivity index (χ4n) is 4.34. The molecule has 0 atom stereocenters. The smallest absolute Gasteiger partial charge is 0.150 e. The molecule has 4 aromatic rings. The molecule has 3 N–H and O–H groups in total. The summed E-state index contributed by atoms with van der Waals surface area (Å²) in [6, 6.07) is 12.5. The Bertz CT molecular complexity index is 1190. The molecule has 0 saturated carbocycles. The quantitative estimate of drug-likeness (QED) is 0.527. The molecule has 1 fully saturated rings. The number of fused-ring (bicyclic) bond motifs is 2. The number of benzene rings is 2. The average molecular weight is 402 g/mol. The van der Waals surface area contributed by atoms with E-state index < -0.39 is 0 Å². The largest absolute Gasteiger partial charge is 0.494 e. The first-order valence-electron chi connectivity index (χ1n) is 10.7. The predicted molar refractivity (Wildman–Crippen MR) is 121 cm³/mol. The molecule has 0 radical (unpaired) electrons. The van der Waals surface area contributed by atoms with Crippen LogP contribution in [0.3, 0.4) is 0 Å². The number of nitrogen functional groups attached to an aromatic ring is 1. The normalized spacial score (nSPS) is 15.1. The molecule has 0 amide bonds. The lowest BCUT2D eigenvalue weighted by molar-refractivity contribution is 0.341. The molecule has 1 aliphatic heterocycles. The van der Waals surface area contributed by atoms with Crippen molar-refractivity contribution in [3.05, 3.63) is 54.6 Å². The van der Waals surface area contributed by atoms with Gasteiger partial charge in [0.05, 0.1) is 18.5 Å². The number of aromatic nitrogens is 3. The first-order valence-corrected chi connectivity index (χ1v) is 10.7. The number of ether oxygens (including phenoxy) is 1. The molecule has 3 heterocycles. The van der Waals surface area contributed by atoms with Gasteiger partial charge in [0, 0.05) is 18.2 Å². The zero-order valence-electron chi connectivity index (χ0n) is 17.3. The topological polar surface area (TPSA) is 77.5 Å². The maximum atomic E-state index is 6.31. The summed E-state index contributed by atoms with van der Waals surface area (Å²) >= 11 is 0. The van der Waals surface area contributed by atoms with Gasteiger partial charge in [-0.3, -0.25) is 4.40 Å². The van der Waals surface area contributed by atoms with Gasteiger partial charge >= 0.3 is 0 Å². The van der Waals surface area contributed by atoms with Crippen LogP contribution in [0.4, 0.5) is 5.82 Å². The highest BCUT2D eigenvalue weighted by molar-refractivity contribution is 5.88. The molecule has 6 heteroatoms. The SMILES string of the molecule is CCOc1ccc2cc(-c3cn4c(CC5CCNCC5)ncc4c(N)n3)ccc2c1. The number of piperidine rings is 1. The highest BCUT2D eigenvalue weighted by Gasteiger charge is 2.18. The van der Waals surface area contributed by atoms with E-state index in [1.807, 2.05) is 19.2 Å². The van der Waals surface area contributed by atoms with Crippen molar-refractivity contribution in [1.29, 1.82) is 0 Å². The summed E-state index contributed by atoms with van der Waals surface area (Å²) in [4.78, 5) is 9.34. The molecule has 0 aliphatic carbocycles. The van der Waals surface area contributed by atoms with Crippen LogP contribution in [0.5, 0.6) is 5.75 Å². The Morgan fingerprint density at radius 1 is 1.13 bits per heavy atom. The monoisotopic (exact) mass is 401 g/mol. The summed E-state index contributed by atoms with van der Waals surface area (Å²) < 4.78 is 7.74. The molecular formula is C24H27N5O. The number of hydrogen-bond acceptors (Lipinski definition) is 5. The minimum absolute atomic E-state index is 0.517. The van der Waals surface area contributed by atoms with Gasteiger partial charge in [0.15, 0.2) is 0 Å². The van der Waals surface area contributed by atoms with Gasteiger partial charge in [-0.25, -0.2) is 9.97 Å². The van der Waals surface area contributed by atoms with E-state index in [2.05, 4.69) is 56.2 Å². The fourth-order valence-corrected chi connectivity index (χ4v) is 4.34. The van der Waals surface area contributed by atoms with Gasteiger partial charge in [0.2, 0.25) is 0 Å². The summed E-state index contributed by atoms with van der Waals surface area (Å²) in [7, 11) is 0. The molecule has 0 spiro atoms. The van der Waals surface area contributed by atoms with Crippen LogP contribution in [0, 0.1) is 5.92 Å². The van der Waals surface area contributed by atoms with E-state index in [4.69, 9.17) is 10.5 Å². The second-order valence-corrected chi connectivity index (χ2v) is 8.00. The predicted octanol–water partition coefficient (Wildman–Crippen LogP) is 4.07. The molecule has 154 valence electrons. The van der Waals surface area contributed by atoms with E-state index in [0.29, 0.717) is 18.3 Å². The second-order valence-electron chi connectivity index (χ2n) is 8.00. The lowest BCUT2D eigenvalue weighted by Crippen LogP contribution is -2.29. The van der Waals surface area contributed by atoms with Gasteiger partial charge < -0.3 is 15.8 Å². The molecule has 2 aromatic carbocycles. The Morgan fingerprint density at radius 2 is 1.93 bits per heavy atom. The number of imidazole rings is 1.